The van der Waals surface area contributed by atoms with Crippen LogP contribution in [0.15, 0.2) is 48.5 Å². The van der Waals surface area contributed by atoms with Crippen LogP contribution in [0.1, 0.15) is 24.0 Å². The molecule has 0 aliphatic carbocycles. The van der Waals surface area contributed by atoms with Crippen molar-refractivity contribution in [3.8, 4) is 0 Å². The predicted molar refractivity (Wildman–Crippen MR) is 99.3 cm³/mol. The second-order valence-electron chi connectivity index (χ2n) is 6.51. The first-order valence-electron chi connectivity index (χ1n) is 8.45. The van der Waals surface area contributed by atoms with Crippen LogP contribution in [0.25, 0.3) is 0 Å². The number of hydrogen-bond donors (Lipinski definition) is 1. The highest BCUT2D eigenvalue weighted by molar-refractivity contribution is 6.31. The lowest BCUT2D eigenvalue weighted by Gasteiger charge is -2.32. The van der Waals surface area contributed by atoms with E-state index in [4.69, 9.17) is 11.6 Å². The highest BCUT2D eigenvalue weighted by atomic mass is 35.5. The summed E-state index contributed by atoms with van der Waals surface area (Å²) < 4.78 is 0. The Balaban J connectivity index is 1.59. The molecular weight excluding hydrogens is 320 g/mol. The molecule has 4 heteroatoms. The molecule has 1 N–H and O–H groups in total. The van der Waals surface area contributed by atoms with Gasteiger partial charge in [0.1, 0.15) is 0 Å². The Morgan fingerprint density at radius 1 is 1.25 bits per heavy atom. The molecule has 1 aliphatic heterocycles. The largest absolute Gasteiger partial charge is 0.326 e. The van der Waals surface area contributed by atoms with Crippen molar-refractivity contribution in [1.82, 2.24) is 4.90 Å². The number of aryl methyl sites for hydroxylation is 1. The molecule has 126 valence electrons. The average molecular weight is 343 g/mol. The van der Waals surface area contributed by atoms with Crippen LogP contribution in [0, 0.1) is 12.8 Å². The first-order valence-corrected chi connectivity index (χ1v) is 8.83. The summed E-state index contributed by atoms with van der Waals surface area (Å²) in [5.41, 5.74) is 3.08. The Morgan fingerprint density at radius 2 is 2.04 bits per heavy atom. The minimum atomic E-state index is 0.0301. The summed E-state index contributed by atoms with van der Waals surface area (Å²) in [6.45, 7) is 4.72. The van der Waals surface area contributed by atoms with Gasteiger partial charge in [0.15, 0.2) is 0 Å². The van der Waals surface area contributed by atoms with Gasteiger partial charge >= 0.3 is 0 Å². The zero-order valence-electron chi connectivity index (χ0n) is 14.0. The predicted octanol–water partition coefficient (Wildman–Crippen LogP) is 4.50. The number of rotatable bonds is 4. The van der Waals surface area contributed by atoms with Gasteiger partial charge in [0, 0.05) is 23.8 Å². The van der Waals surface area contributed by atoms with E-state index in [1.165, 1.54) is 5.56 Å². The zero-order chi connectivity index (χ0) is 16.9. The Bertz CT molecular complexity index is 702. The molecule has 0 radical (unpaired) electrons. The molecule has 0 bridgehead atoms. The first kappa shape index (κ1) is 17.0. The van der Waals surface area contributed by atoms with Crippen LogP contribution >= 0.6 is 11.6 Å². The van der Waals surface area contributed by atoms with Gasteiger partial charge in [0.05, 0.1) is 5.92 Å². The maximum absolute atomic E-state index is 12.6. The summed E-state index contributed by atoms with van der Waals surface area (Å²) in [5.74, 6) is 0.121. The quantitative estimate of drug-likeness (QED) is 0.887. The third-order valence-corrected chi connectivity index (χ3v) is 4.97. The van der Waals surface area contributed by atoms with E-state index in [-0.39, 0.29) is 11.8 Å². The average Bonchev–Trinajstić information content (AvgIpc) is 2.59. The van der Waals surface area contributed by atoms with Crippen LogP contribution < -0.4 is 5.32 Å². The van der Waals surface area contributed by atoms with Crippen molar-refractivity contribution in [2.24, 2.45) is 5.92 Å². The number of anilines is 1. The van der Waals surface area contributed by atoms with E-state index in [2.05, 4.69) is 34.5 Å². The van der Waals surface area contributed by atoms with Gasteiger partial charge in [-0.3, -0.25) is 9.69 Å². The molecule has 3 nitrogen and oxygen atoms in total. The molecular formula is C20H23ClN2O. The normalized spacial score (nSPS) is 18.3. The Kier molecular flexibility index (Phi) is 5.54. The number of halogens is 1. The van der Waals surface area contributed by atoms with Gasteiger partial charge in [-0.15, -0.1) is 0 Å². The van der Waals surface area contributed by atoms with Crippen LogP contribution in [0.5, 0.6) is 0 Å². The van der Waals surface area contributed by atoms with E-state index >= 15 is 0 Å². The number of amides is 1. The Hall–Kier alpha value is -1.84. The van der Waals surface area contributed by atoms with Gasteiger partial charge in [0.2, 0.25) is 5.91 Å². The molecule has 24 heavy (non-hydrogen) atoms. The Labute approximate surface area is 148 Å². The molecule has 1 aliphatic rings. The van der Waals surface area contributed by atoms with Crippen LogP contribution in [-0.4, -0.2) is 23.9 Å². The Morgan fingerprint density at radius 3 is 2.79 bits per heavy atom. The number of hydrogen-bond acceptors (Lipinski definition) is 2. The van der Waals surface area contributed by atoms with Crippen LogP contribution in [0.2, 0.25) is 5.02 Å². The van der Waals surface area contributed by atoms with E-state index < -0.39 is 0 Å². The summed E-state index contributed by atoms with van der Waals surface area (Å²) in [5, 5.41) is 3.70. The molecule has 1 amide bonds. The minimum absolute atomic E-state index is 0.0301. The second kappa shape index (κ2) is 7.82. The van der Waals surface area contributed by atoms with Gasteiger partial charge < -0.3 is 5.32 Å². The van der Waals surface area contributed by atoms with Gasteiger partial charge in [-0.05, 0) is 49.6 Å². The molecule has 3 rings (SSSR count). The molecule has 2 aromatic rings. The SMILES string of the molecule is Cc1ccc(NC(=O)[C@H]2CCCN(Cc3ccccc3)C2)cc1Cl. The maximum atomic E-state index is 12.6. The third-order valence-electron chi connectivity index (χ3n) is 4.56. The van der Waals surface area contributed by atoms with E-state index in [0.29, 0.717) is 5.02 Å². The fourth-order valence-electron chi connectivity index (χ4n) is 3.17. The van der Waals surface area contributed by atoms with Crippen LogP contribution in [-0.2, 0) is 11.3 Å². The second-order valence-corrected chi connectivity index (χ2v) is 6.92. The number of benzene rings is 2. The van der Waals surface area contributed by atoms with Crippen molar-refractivity contribution in [1.29, 1.82) is 0 Å². The van der Waals surface area contributed by atoms with Crippen molar-refractivity contribution in [3.05, 3.63) is 64.7 Å². The van der Waals surface area contributed by atoms with Crippen molar-refractivity contribution in [2.75, 3.05) is 18.4 Å². The van der Waals surface area contributed by atoms with Gasteiger partial charge in [-0.25, -0.2) is 0 Å². The van der Waals surface area contributed by atoms with Crippen molar-refractivity contribution >= 4 is 23.2 Å². The highest BCUT2D eigenvalue weighted by Gasteiger charge is 2.25. The molecule has 0 aromatic heterocycles. The highest BCUT2D eigenvalue weighted by Crippen LogP contribution is 2.23. The summed E-state index contributed by atoms with van der Waals surface area (Å²) in [6, 6.07) is 16.1. The molecule has 0 spiro atoms. The lowest BCUT2D eigenvalue weighted by molar-refractivity contribution is -0.121. The van der Waals surface area contributed by atoms with Crippen molar-refractivity contribution < 1.29 is 4.79 Å². The number of likely N-dealkylation sites (tertiary alicyclic amines) is 1. The van der Waals surface area contributed by atoms with Gasteiger partial charge in [0.25, 0.3) is 0 Å². The topological polar surface area (TPSA) is 32.3 Å². The van der Waals surface area contributed by atoms with Gasteiger partial charge in [-0.2, -0.15) is 0 Å². The number of carbonyl (C=O) groups excluding carboxylic acids is 1. The molecule has 0 saturated carbocycles. The van der Waals surface area contributed by atoms with E-state index in [1.54, 1.807) is 0 Å². The zero-order valence-corrected chi connectivity index (χ0v) is 14.7. The molecule has 1 atom stereocenters. The van der Waals surface area contributed by atoms with Crippen LogP contribution in [0.4, 0.5) is 5.69 Å². The number of carbonyl (C=O) groups is 1. The van der Waals surface area contributed by atoms with Crippen molar-refractivity contribution in [3.63, 3.8) is 0 Å². The summed E-state index contributed by atoms with van der Waals surface area (Å²) in [4.78, 5) is 14.9. The number of piperidine rings is 1. The lowest BCUT2D eigenvalue weighted by atomic mass is 9.96. The fourth-order valence-corrected chi connectivity index (χ4v) is 3.35. The standard InChI is InChI=1S/C20H23ClN2O/c1-15-9-10-18(12-19(15)21)22-20(24)17-8-5-11-23(14-17)13-16-6-3-2-4-7-16/h2-4,6-7,9-10,12,17H,5,8,11,13-14H2,1H3,(H,22,24)/t17-/m0/s1. The molecule has 2 aromatic carbocycles. The molecule has 1 fully saturated rings. The number of nitrogens with one attached hydrogen (secondary N) is 1. The smallest absolute Gasteiger partial charge is 0.228 e. The van der Waals surface area contributed by atoms with Crippen LogP contribution in [0.3, 0.4) is 0 Å². The van der Waals surface area contributed by atoms with Crippen molar-refractivity contribution in [2.45, 2.75) is 26.3 Å². The summed E-state index contributed by atoms with van der Waals surface area (Å²) >= 11 is 6.14. The minimum Gasteiger partial charge on any atom is -0.326 e. The molecule has 1 heterocycles. The summed E-state index contributed by atoms with van der Waals surface area (Å²) in [6.07, 6.45) is 2.00. The van der Waals surface area contributed by atoms with E-state index in [9.17, 15) is 4.79 Å². The van der Waals surface area contributed by atoms with E-state index in [1.807, 2.05) is 31.2 Å². The first-order chi connectivity index (χ1) is 11.6. The number of nitrogens with zero attached hydrogens (tertiary/aromatic N) is 1. The fraction of sp³-hybridized carbons (Fsp3) is 0.350. The summed E-state index contributed by atoms with van der Waals surface area (Å²) in [7, 11) is 0. The monoisotopic (exact) mass is 342 g/mol. The third kappa shape index (κ3) is 4.37. The maximum Gasteiger partial charge on any atom is 0.228 e. The molecule has 0 unspecified atom stereocenters. The van der Waals surface area contributed by atoms with Gasteiger partial charge in [-0.1, -0.05) is 48.0 Å². The van der Waals surface area contributed by atoms with E-state index in [0.717, 1.165) is 43.7 Å². The molecule has 1 saturated heterocycles. The lowest BCUT2D eigenvalue weighted by Crippen LogP contribution is -2.40.